The monoisotopic (exact) mass is 190 g/mol. The standard InChI is InChI=1S/C12H18N2/c1-3-9(2)12-8-13-10-6-4-5-7-11(10)14-12/h4-7,9,12-14H,3,8H2,1-2H3. The fraction of sp³-hybridized carbons (Fsp3) is 0.500. The Hall–Kier alpha value is -1.18. The summed E-state index contributed by atoms with van der Waals surface area (Å²) in [6.07, 6.45) is 1.22. The lowest BCUT2D eigenvalue weighted by atomic mass is 9.97. The van der Waals surface area contributed by atoms with Gasteiger partial charge in [-0.2, -0.15) is 0 Å². The predicted octanol–water partition coefficient (Wildman–Crippen LogP) is 2.94. The number of rotatable bonds is 2. The van der Waals surface area contributed by atoms with Gasteiger partial charge < -0.3 is 10.6 Å². The lowest BCUT2D eigenvalue weighted by Crippen LogP contribution is -2.37. The van der Waals surface area contributed by atoms with E-state index in [-0.39, 0.29) is 0 Å². The molecular formula is C12H18N2. The molecule has 0 radical (unpaired) electrons. The highest BCUT2D eigenvalue weighted by atomic mass is 15.1. The molecule has 0 fully saturated rings. The maximum absolute atomic E-state index is 3.59. The van der Waals surface area contributed by atoms with E-state index in [9.17, 15) is 0 Å². The lowest BCUT2D eigenvalue weighted by Gasteiger charge is -2.32. The Bertz CT molecular complexity index is 309. The van der Waals surface area contributed by atoms with Gasteiger partial charge in [0.15, 0.2) is 0 Å². The molecule has 14 heavy (non-hydrogen) atoms. The summed E-state index contributed by atoms with van der Waals surface area (Å²) < 4.78 is 0. The highest BCUT2D eigenvalue weighted by Gasteiger charge is 2.20. The maximum atomic E-state index is 3.59. The molecule has 1 aromatic carbocycles. The first kappa shape index (κ1) is 9.38. The number of fused-ring (bicyclic) bond motifs is 1. The Balaban J connectivity index is 2.13. The molecule has 2 nitrogen and oxygen atoms in total. The van der Waals surface area contributed by atoms with Crippen LogP contribution in [-0.2, 0) is 0 Å². The third-order valence-electron chi connectivity index (χ3n) is 3.11. The highest BCUT2D eigenvalue weighted by Crippen LogP contribution is 2.27. The summed E-state index contributed by atoms with van der Waals surface area (Å²) in [6.45, 7) is 5.58. The van der Waals surface area contributed by atoms with Crippen LogP contribution in [0.15, 0.2) is 24.3 Å². The van der Waals surface area contributed by atoms with Crippen molar-refractivity contribution in [3.63, 3.8) is 0 Å². The second-order valence-corrected chi connectivity index (χ2v) is 4.06. The van der Waals surface area contributed by atoms with E-state index in [0.29, 0.717) is 6.04 Å². The summed E-state index contributed by atoms with van der Waals surface area (Å²) in [5.41, 5.74) is 2.47. The Morgan fingerprint density at radius 1 is 1.36 bits per heavy atom. The van der Waals surface area contributed by atoms with Crippen molar-refractivity contribution < 1.29 is 0 Å². The summed E-state index contributed by atoms with van der Waals surface area (Å²) in [7, 11) is 0. The van der Waals surface area contributed by atoms with Gasteiger partial charge in [0.2, 0.25) is 0 Å². The SMILES string of the molecule is CCC(C)C1CNc2ccccc2N1. The maximum Gasteiger partial charge on any atom is 0.0578 e. The molecule has 0 saturated carbocycles. The smallest absolute Gasteiger partial charge is 0.0578 e. The number of para-hydroxylation sites is 2. The van der Waals surface area contributed by atoms with E-state index < -0.39 is 0 Å². The third-order valence-corrected chi connectivity index (χ3v) is 3.11. The van der Waals surface area contributed by atoms with E-state index in [0.717, 1.165) is 12.5 Å². The van der Waals surface area contributed by atoms with Gasteiger partial charge in [-0.15, -0.1) is 0 Å². The average Bonchev–Trinajstić information content (AvgIpc) is 2.27. The second-order valence-electron chi connectivity index (χ2n) is 4.06. The largest absolute Gasteiger partial charge is 0.381 e. The summed E-state index contributed by atoms with van der Waals surface area (Å²) >= 11 is 0. The van der Waals surface area contributed by atoms with Gasteiger partial charge in [0.05, 0.1) is 11.4 Å². The van der Waals surface area contributed by atoms with Crippen LogP contribution in [0.4, 0.5) is 11.4 Å². The highest BCUT2D eigenvalue weighted by molar-refractivity contribution is 5.71. The first-order chi connectivity index (χ1) is 6.81. The minimum Gasteiger partial charge on any atom is -0.381 e. The molecule has 0 aromatic heterocycles. The van der Waals surface area contributed by atoms with Gasteiger partial charge in [0.25, 0.3) is 0 Å². The number of nitrogens with one attached hydrogen (secondary N) is 2. The van der Waals surface area contributed by atoms with Crippen molar-refractivity contribution in [3.05, 3.63) is 24.3 Å². The zero-order chi connectivity index (χ0) is 9.97. The number of hydrogen-bond donors (Lipinski definition) is 2. The topological polar surface area (TPSA) is 24.1 Å². The molecule has 2 heteroatoms. The molecule has 2 unspecified atom stereocenters. The average molecular weight is 190 g/mol. The van der Waals surface area contributed by atoms with E-state index in [4.69, 9.17) is 0 Å². The Labute approximate surface area is 85.7 Å². The van der Waals surface area contributed by atoms with Gasteiger partial charge in [-0.1, -0.05) is 32.4 Å². The van der Waals surface area contributed by atoms with Crippen molar-refractivity contribution in [1.29, 1.82) is 0 Å². The predicted molar refractivity (Wildman–Crippen MR) is 61.8 cm³/mol. The molecule has 1 aliphatic rings. The van der Waals surface area contributed by atoms with Gasteiger partial charge in [-0.05, 0) is 18.1 Å². The molecule has 0 bridgehead atoms. The summed E-state index contributed by atoms with van der Waals surface area (Å²) in [5.74, 6) is 0.718. The normalized spacial score (nSPS) is 21.7. The van der Waals surface area contributed by atoms with Crippen LogP contribution >= 0.6 is 0 Å². The van der Waals surface area contributed by atoms with Gasteiger partial charge in [0.1, 0.15) is 0 Å². The molecule has 0 saturated heterocycles. The van der Waals surface area contributed by atoms with Crippen LogP contribution in [-0.4, -0.2) is 12.6 Å². The molecule has 1 heterocycles. The van der Waals surface area contributed by atoms with Crippen LogP contribution in [0, 0.1) is 5.92 Å². The molecule has 2 rings (SSSR count). The molecule has 0 amide bonds. The van der Waals surface area contributed by atoms with E-state index >= 15 is 0 Å². The molecule has 0 aliphatic carbocycles. The van der Waals surface area contributed by atoms with E-state index in [2.05, 4.69) is 48.7 Å². The summed E-state index contributed by atoms with van der Waals surface area (Å²) in [6, 6.07) is 8.96. The molecule has 76 valence electrons. The zero-order valence-electron chi connectivity index (χ0n) is 8.88. The van der Waals surface area contributed by atoms with E-state index in [1.807, 2.05) is 0 Å². The first-order valence-electron chi connectivity index (χ1n) is 5.40. The van der Waals surface area contributed by atoms with Gasteiger partial charge in [-0.3, -0.25) is 0 Å². The fourth-order valence-corrected chi connectivity index (χ4v) is 1.86. The molecule has 0 spiro atoms. The number of benzene rings is 1. The van der Waals surface area contributed by atoms with Gasteiger partial charge >= 0.3 is 0 Å². The van der Waals surface area contributed by atoms with Gasteiger partial charge in [-0.25, -0.2) is 0 Å². The second kappa shape index (κ2) is 3.91. The Morgan fingerprint density at radius 3 is 2.79 bits per heavy atom. The van der Waals surface area contributed by atoms with Crippen LogP contribution in [0.3, 0.4) is 0 Å². The number of hydrogen-bond acceptors (Lipinski definition) is 2. The quantitative estimate of drug-likeness (QED) is 0.749. The minimum atomic E-state index is 0.565. The van der Waals surface area contributed by atoms with Crippen molar-refractivity contribution in [2.45, 2.75) is 26.3 Å². The fourth-order valence-electron chi connectivity index (χ4n) is 1.86. The van der Waals surface area contributed by atoms with Crippen molar-refractivity contribution in [1.82, 2.24) is 0 Å². The molecule has 2 N–H and O–H groups in total. The van der Waals surface area contributed by atoms with Crippen molar-refractivity contribution in [2.24, 2.45) is 5.92 Å². The molecule has 1 aliphatic heterocycles. The Kier molecular flexibility index (Phi) is 2.62. The van der Waals surface area contributed by atoms with Crippen LogP contribution < -0.4 is 10.6 Å². The van der Waals surface area contributed by atoms with Crippen LogP contribution in [0.5, 0.6) is 0 Å². The summed E-state index contributed by atoms with van der Waals surface area (Å²) in [5, 5.41) is 7.05. The first-order valence-corrected chi connectivity index (χ1v) is 5.40. The third kappa shape index (κ3) is 1.69. The zero-order valence-corrected chi connectivity index (χ0v) is 8.88. The lowest BCUT2D eigenvalue weighted by molar-refractivity contribution is 0.478. The van der Waals surface area contributed by atoms with Crippen molar-refractivity contribution in [3.8, 4) is 0 Å². The van der Waals surface area contributed by atoms with E-state index in [1.165, 1.54) is 17.8 Å². The van der Waals surface area contributed by atoms with Crippen molar-refractivity contribution >= 4 is 11.4 Å². The molecular weight excluding hydrogens is 172 g/mol. The van der Waals surface area contributed by atoms with Gasteiger partial charge in [0, 0.05) is 12.6 Å². The van der Waals surface area contributed by atoms with Crippen LogP contribution in [0.1, 0.15) is 20.3 Å². The minimum absolute atomic E-state index is 0.565. The van der Waals surface area contributed by atoms with Crippen LogP contribution in [0.2, 0.25) is 0 Å². The number of anilines is 2. The van der Waals surface area contributed by atoms with Crippen LogP contribution in [0.25, 0.3) is 0 Å². The summed E-state index contributed by atoms with van der Waals surface area (Å²) in [4.78, 5) is 0. The van der Waals surface area contributed by atoms with Crippen molar-refractivity contribution in [2.75, 3.05) is 17.2 Å². The van der Waals surface area contributed by atoms with E-state index in [1.54, 1.807) is 0 Å². The molecule has 1 aromatic rings. The Morgan fingerprint density at radius 2 is 2.07 bits per heavy atom. The molecule has 2 atom stereocenters.